The van der Waals surface area contributed by atoms with Crippen LogP contribution in [-0.2, 0) is 13.1 Å². The molecule has 1 aromatic heterocycles. The molecule has 0 spiro atoms. The van der Waals surface area contributed by atoms with Crippen LogP contribution in [0.2, 0.25) is 5.02 Å². The van der Waals surface area contributed by atoms with Gasteiger partial charge >= 0.3 is 0 Å². The van der Waals surface area contributed by atoms with Crippen LogP contribution in [0.25, 0.3) is 0 Å². The molecular formula is C17H21ClN2O. The van der Waals surface area contributed by atoms with Gasteiger partial charge in [-0.3, -0.25) is 0 Å². The van der Waals surface area contributed by atoms with Gasteiger partial charge in [0.25, 0.3) is 0 Å². The van der Waals surface area contributed by atoms with Crippen LogP contribution in [0.15, 0.2) is 41.0 Å². The largest absolute Gasteiger partial charge is 0.467 e. The first-order chi connectivity index (χ1) is 10.3. The van der Waals surface area contributed by atoms with Crippen LogP contribution in [0.4, 0.5) is 5.69 Å². The average molecular weight is 305 g/mol. The molecule has 0 atom stereocenters. The van der Waals surface area contributed by atoms with Crippen molar-refractivity contribution in [2.75, 3.05) is 11.4 Å². The fourth-order valence-electron chi connectivity index (χ4n) is 2.60. The molecule has 112 valence electrons. The first-order valence-corrected chi connectivity index (χ1v) is 7.94. The third kappa shape index (κ3) is 3.60. The Bertz CT molecular complexity index is 578. The first-order valence-electron chi connectivity index (χ1n) is 7.56. The number of nitrogens with zero attached hydrogens (tertiary/aromatic N) is 1. The van der Waals surface area contributed by atoms with Gasteiger partial charge in [-0.1, -0.05) is 18.5 Å². The summed E-state index contributed by atoms with van der Waals surface area (Å²) in [5, 5.41) is 4.19. The monoisotopic (exact) mass is 304 g/mol. The Hall–Kier alpha value is -1.45. The van der Waals surface area contributed by atoms with Gasteiger partial charge in [0.15, 0.2) is 0 Å². The third-order valence-corrected chi connectivity index (χ3v) is 4.05. The SMILES string of the molecule is CCNCc1cc(Cl)ccc1N(Cc1ccco1)C1CC1. The fraction of sp³-hybridized carbons (Fsp3) is 0.412. The van der Waals surface area contributed by atoms with Crippen molar-refractivity contribution in [3.63, 3.8) is 0 Å². The minimum atomic E-state index is 0.622. The molecule has 0 saturated heterocycles. The lowest BCUT2D eigenvalue weighted by Gasteiger charge is -2.26. The summed E-state index contributed by atoms with van der Waals surface area (Å²) < 4.78 is 5.52. The molecule has 21 heavy (non-hydrogen) atoms. The van der Waals surface area contributed by atoms with Crippen molar-refractivity contribution in [1.82, 2.24) is 5.32 Å². The molecule has 1 heterocycles. The van der Waals surface area contributed by atoms with Crippen LogP contribution in [0, 0.1) is 0 Å². The molecule has 1 aliphatic carbocycles. The van der Waals surface area contributed by atoms with E-state index < -0.39 is 0 Å². The van der Waals surface area contributed by atoms with Gasteiger partial charge in [0, 0.05) is 23.3 Å². The van der Waals surface area contributed by atoms with E-state index in [0.29, 0.717) is 6.04 Å². The second-order valence-corrected chi connectivity index (χ2v) is 5.93. The molecule has 4 heteroatoms. The maximum Gasteiger partial charge on any atom is 0.123 e. The Morgan fingerprint density at radius 2 is 2.19 bits per heavy atom. The number of anilines is 1. The highest BCUT2D eigenvalue weighted by Crippen LogP contribution is 2.36. The minimum absolute atomic E-state index is 0.622. The van der Waals surface area contributed by atoms with Gasteiger partial charge in [-0.25, -0.2) is 0 Å². The molecule has 1 aromatic carbocycles. The standard InChI is InChI=1S/C17H21ClN2O/c1-2-19-11-13-10-14(18)5-8-17(13)20(15-6-7-15)12-16-4-3-9-21-16/h3-5,8-10,15,19H,2,6-7,11-12H2,1H3. The minimum Gasteiger partial charge on any atom is -0.467 e. The van der Waals surface area contributed by atoms with E-state index in [9.17, 15) is 0 Å². The summed E-state index contributed by atoms with van der Waals surface area (Å²) in [5.74, 6) is 1.01. The number of hydrogen-bond donors (Lipinski definition) is 1. The smallest absolute Gasteiger partial charge is 0.123 e. The Kier molecular flexibility index (Phi) is 4.51. The summed E-state index contributed by atoms with van der Waals surface area (Å²) in [5.41, 5.74) is 2.52. The lowest BCUT2D eigenvalue weighted by molar-refractivity contribution is 0.500. The Labute approximate surface area is 130 Å². The zero-order valence-corrected chi connectivity index (χ0v) is 13.1. The Balaban J connectivity index is 1.87. The van der Waals surface area contributed by atoms with E-state index in [0.717, 1.165) is 30.4 Å². The quantitative estimate of drug-likeness (QED) is 0.830. The number of benzene rings is 1. The van der Waals surface area contributed by atoms with Crippen molar-refractivity contribution in [1.29, 1.82) is 0 Å². The first kappa shape index (κ1) is 14.5. The van der Waals surface area contributed by atoms with Crippen LogP contribution in [0.3, 0.4) is 0 Å². The van der Waals surface area contributed by atoms with Crippen LogP contribution < -0.4 is 10.2 Å². The number of hydrogen-bond acceptors (Lipinski definition) is 3. The topological polar surface area (TPSA) is 28.4 Å². The van der Waals surface area contributed by atoms with E-state index in [-0.39, 0.29) is 0 Å². The van der Waals surface area contributed by atoms with Gasteiger partial charge < -0.3 is 14.6 Å². The maximum absolute atomic E-state index is 6.17. The highest BCUT2D eigenvalue weighted by Gasteiger charge is 2.31. The van der Waals surface area contributed by atoms with Gasteiger partial charge in [0.05, 0.1) is 12.8 Å². The number of halogens is 1. The molecule has 2 aromatic rings. The second kappa shape index (κ2) is 6.54. The molecule has 1 saturated carbocycles. The van der Waals surface area contributed by atoms with Crippen molar-refractivity contribution < 1.29 is 4.42 Å². The number of nitrogens with one attached hydrogen (secondary N) is 1. The van der Waals surface area contributed by atoms with Crippen molar-refractivity contribution in [3.05, 3.63) is 52.9 Å². The van der Waals surface area contributed by atoms with Crippen LogP contribution in [0.1, 0.15) is 31.1 Å². The highest BCUT2D eigenvalue weighted by molar-refractivity contribution is 6.30. The number of rotatable bonds is 7. The molecule has 0 radical (unpaired) electrons. The molecule has 0 bridgehead atoms. The van der Waals surface area contributed by atoms with E-state index in [1.807, 2.05) is 18.2 Å². The maximum atomic E-state index is 6.17. The Morgan fingerprint density at radius 3 is 2.86 bits per heavy atom. The van der Waals surface area contributed by atoms with E-state index in [1.54, 1.807) is 6.26 Å². The molecular weight excluding hydrogens is 284 g/mol. The summed E-state index contributed by atoms with van der Waals surface area (Å²) in [7, 11) is 0. The fourth-order valence-corrected chi connectivity index (χ4v) is 2.80. The Morgan fingerprint density at radius 1 is 1.33 bits per heavy atom. The van der Waals surface area contributed by atoms with Gasteiger partial charge in [-0.2, -0.15) is 0 Å². The zero-order chi connectivity index (χ0) is 14.7. The predicted octanol–water partition coefficient (Wildman–Crippen LogP) is 4.21. The second-order valence-electron chi connectivity index (χ2n) is 5.49. The van der Waals surface area contributed by atoms with E-state index in [4.69, 9.17) is 16.0 Å². The summed E-state index contributed by atoms with van der Waals surface area (Å²) in [6.45, 7) is 4.73. The van der Waals surface area contributed by atoms with Crippen molar-refractivity contribution in [2.45, 2.75) is 38.9 Å². The van der Waals surface area contributed by atoms with Gasteiger partial charge in [-0.15, -0.1) is 0 Å². The predicted molar refractivity (Wildman–Crippen MR) is 86.7 cm³/mol. The molecule has 3 nitrogen and oxygen atoms in total. The summed E-state index contributed by atoms with van der Waals surface area (Å²) >= 11 is 6.17. The lowest BCUT2D eigenvalue weighted by atomic mass is 10.1. The highest BCUT2D eigenvalue weighted by atomic mass is 35.5. The van der Waals surface area contributed by atoms with Gasteiger partial charge in [0.1, 0.15) is 5.76 Å². The van der Waals surface area contributed by atoms with E-state index in [1.165, 1.54) is 24.1 Å². The molecule has 0 aliphatic heterocycles. The average Bonchev–Trinajstić information content (AvgIpc) is 3.20. The molecule has 1 fully saturated rings. The van der Waals surface area contributed by atoms with Crippen molar-refractivity contribution >= 4 is 17.3 Å². The normalized spacial score (nSPS) is 14.4. The van der Waals surface area contributed by atoms with E-state index >= 15 is 0 Å². The van der Waals surface area contributed by atoms with Gasteiger partial charge in [-0.05, 0) is 55.3 Å². The summed E-state index contributed by atoms with van der Waals surface area (Å²) in [4.78, 5) is 2.45. The van der Waals surface area contributed by atoms with Crippen LogP contribution in [-0.4, -0.2) is 12.6 Å². The molecule has 0 amide bonds. The lowest BCUT2D eigenvalue weighted by Crippen LogP contribution is -2.27. The third-order valence-electron chi connectivity index (χ3n) is 3.81. The molecule has 0 unspecified atom stereocenters. The van der Waals surface area contributed by atoms with Crippen LogP contribution >= 0.6 is 11.6 Å². The molecule has 1 aliphatic rings. The molecule has 3 rings (SSSR count). The van der Waals surface area contributed by atoms with Crippen molar-refractivity contribution in [3.8, 4) is 0 Å². The summed E-state index contributed by atoms with van der Waals surface area (Å²) in [6.07, 6.45) is 4.25. The van der Waals surface area contributed by atoms with E-state index in [2.05, 4.69) is 29.3 Å². The molecule has 1 N–H and O–H groups in total. The summed E-state index contributed by atoms with van der Waals surface area (Å²) in [6, 6.07) is 10.8. The van der Waals surface area contributed by atoms with Gasteiger partial charge in [0.2, 0.25) is 0 Å². The van der Waals surface area contributed by atoms with Crippen molar-refractivity contribution in [2.24, 2.45) is 0 Å². The zero-order valence-electron chi connectivity index (χ0n) is 12.3. The number of furan rings is 1. The van der Waals surface area contributed by atoms with Crippen LogP contribution in [0.5, 0.6) is 0 Å².